The van der Waals surface area contributed by atoms with Gasteiger partial charge < -0.3 is 24.1 Å². The number of ether oxygens (including phenoxy) is 4. The minimum absolute atomic E-state index is 0.244. The molecule has 1 aromatic rings. The van der Waals surface area contributed by atoms with Crippen molar-refractivity contribution in [3.8, 4) is 17.2 Å². The lowest BCUT2D eigenvalue weighted by molar-refractivity contribution is -0.0735. The number of rotatable bonds is 2. The summed E-state index contributed by atoms with van der Waals surface area (Å²) < 4.78 is 21.4. The summed E-state index contributed by atoms with van der Waals surface area (Å²) in [6.45, 7) is 1.24. The van der Waals surface area contributed by atoms with Gasteiger partial charge in [0, 0.05) is 19.1 Å². The van der Waals surface area contributed by atoms with Gasteiger partial charge in [-0.1, -0.05) is 0 Å². The summed E-state index contributed by atoms with van der Waals surface area (Å²) in [4.78, 5) is 0. The monoisotopic (exact) mass is 238 g/mol. The second-order valence-corrected chi connectivity index (χ2v) is 4.10. The summed E-state index contributed by atoms with van der Waals surface area (Å²) in [5.74, 6) is 2.05. The standard InChI is InChI=1S/C12H14O5/c13-9-3-4-14-6-12(9)17-8-1-2-10-11(5-8)16-7-15-10/h1-2,5,9,12-13H,3-4,6-7H2. The van der Waals surface area contributed by atoms with Gasteiger partial charge in [0.1, 0.15) is 11.9 Å². The van der Waals surface area contributed by atoms with Crippen LogP contribution in [0.15, 0.2) is 18.2 Å². The van der Waals surface area contributed by atoms with E-state index in [2.05, 4.69) is 0 Å². The van der Waals surface area contributed by atoms with E-state index in [1.54, 1.807) is 18.2 Å². The van der Waals surface area contributed by atoms with Gasteiger partial charge in [-0.3, -0.25) is 0 Å². The molecule has 5 heteroatoms. The second kappa shape index (κ2) is 4.43. The maximum atomic E-state index is 9.76. The number of aliphatic hydroxyl groups excluding tert-OH is 1. The molecule has 1 N–H and O–H groups in total. The Kier molecular flexibility index (Phi) is 2.78. The largest absolute Gasteiger partial charge is 0.485 e. The van der Waals surface area contributed by atoms with Crippen molar-refractivity contribution in [2.75, 3.05) is 20.0 Å². The van der Waals surface area contributed by atoms with Gasteiger partial charge in [-0.2, -0.15) is 0 Å². The molecule has 2 heterocycles. The van der Waals surface area contributed by atoms with E-state index in [9.17, 15) is 5.11 Å². The Morgan fingerprint density at radius 3 is 3.00 bits per heavy atom. The highest BCUT2D eigenvalue weighted by Crippen LogP contribution is 2.35. The smallest absolute Gasteiger partial charge is 0.231 e. The van der Waals surface area contributed by atoms with E-state index in [-0.39, 0.29) is 12.9 Å². The molecule has 0 spiro atoms. The molecule has 1 aromatic carbocycles. The van der Waals surface area contributed by atoms with Crippen molar-refractivity contribution < 1.29 is 24.1 Å². The molecule has 0 radical (unpaired) electrons. The average molecular weight is 238 g/mol. The third-order valence-corrected chi connectivity index (χ3v) is 2.90. The van der Waals surface area contributed by atoms with Crippen molar-refractivity contribution in [2.24, 2.45) is 0 Å². The van der Waals surface area contributed by atoms with Crippen molar-refractivity contribution in [1.82, 2.24) is 0 Å². The molecular formula is C12H14O5. The van der Waals surface area contributed by atoms with E-state index in [0.29, 0.717) is 31.1 Å². The lowest BCUT2D eigenvalue weighted by Crippen LogP contribution is -2.40. The van der Waals surface area contributed by atoms with Crippen LogP contribution in [0.25, 0.3) is 0 Å². The molecule has 2 atom stereocenters. The summed E-state index contributed by atoms with van der Waals surface area (Å²) in [7, 11) is 0. The van der Waals surface area contributed by atoms with Gasteiger partial charge in [0.05, 0.1) is 12.7 Å². The summed E-state index contributed by atoms with van der Waals surface area (Å²) in [5, 5.41) is 9.76. The summed E-state index contributed by atoms with van der Waals surface area (Å²) in [6.07, 6.45) is -0.187. The SMILES string of the molecule is OC1CCOCC1Oc1ccc2c(c1)OCO2. The molecule has 1 fully saturated rings. The molecule has 0 aromatic heterocycles. The van der Waals surface area contributed by atoms with Gasteiger partial charge in [0.2, 0.25) is 6.79 Å². The topological polar surface area (TPSA) is 57.2 Å². The first-order chi connectivity index (χ1) is 8.33. The van der Waals surface area contributed by atoms with Crippen LogP contribution in [0.2, 0.25) is 0 Å². The Labute approximate surface area is 98.9 Å². The van der Waals surface area contributed by atoms with E-state index in [1.807, 2.05) is 0 Å². The predicted molar refractivity (Wildman–Crippen MR) is 58.4 cm³/mol. The highest BCUT2D eigenvalue weighted by atomic mass is 16.7. The molecule has 3 rings (SSSR count). The van der Waals surface area contributed by atoms with Gasteiger partial charge in [0.15, 0.2) is 11.5 Å². The fourth-order valence-corrected chi connectivity index (χ4v) is 1.94. The maximum Gasteiger partial charge on any atom is 0.231 e. The molecule has 5 nitrogen and oxygen atoms in total. The van der Waals surface area contributed by atoms with Gasteiger partial charge in [-0.25, -0.2) is 0 Å². The van der Waals surface area contributed by atoms with Crippen LogP contribution in [0.5, 0.6) is 17.2 Å². The fourth-order valence-electron chi connectivity index (χ4n) is 1.94. The first kappa shape index (κ1) is 10.7. The number of fused-ring (bicyclic) bond motifs is 1. The van der Waals surface area contributed by atoms with Crippen molar-refractivity contribution in [3.05, 3.63) is 18.2 Å². The van der Waals surface area contributed by atoms with E-state index in [4.69, 9.17) is 18.9 Å². The van der Waals surface area contributed by atoms with Crippen LogP contribution in [0.1, 0.15) is 6.42 Å². The molecule has 0 bridgehead atoms. The van der Waals surface area contributed by atoms with E-state index < -0.39 is 6.10 Å². The lowest BCUT2D eigenvalue weighted by atomic mass is 10.1. The van der Waals surface area contributed by atoms with Gasteiger partial charge in [-0.05, 0) is 12.1 Å². The van der Waals surface area contributed by atoms with Crippen LogP contribution < -0.4 is 14.2 Å². The fraction of sp³-hybridized carbons (Fsp3) is 0.500. The van der Waals surface area contributed by atoms with Crippen LogP contribution in [0.4, 0.5) is 0 Å². The molecule has 17 heavy (non-hydrogen) atoms. The van der Waals surface area contributed by atoms with E-state index >= 15 is 0 Å². The highest BCUT2D eigenvalue weighted by molar-refractivity contribution is 5.46. The Morgan fingerprint density at radius 1 is 1.24 bits per heavy atom. The summed E-state index contributed by atoms with van der Waals surface area (Å²) >= 11 is 0. The quantitative estimate of drug-likeness (QED) is 0.831. The number of aliphatic hydroxyl groups is 1. The first-order valence-corrected chi connectivity index (χ1v) is 5.65. The summed E-state index contributed by atoms with van der Waals surface area (Å²) in [5.41, 5.74) is 0. The van der Waals surface area contributed by atoms with Crippen molar-refractivity contribution >= 4 is 0 Å². The minimum atomic E-state index is -0.478. The zero-order valence-corrected chi connectivity index (χ0v) is 9.30. The van der Waals surface area contributed by atoms with Crippen LogP contribution in [0, 0.1) is 0 Å². The highest BCUT2D eigenvalue weighted by Gasteiger charge is 2.26. The number of hydrogen-bond donors (Lipinski definition) is 1. The van der Waals surface area contributed by atoms with Gasteiger partial charge in [-0.15, -0.1) is 0 Å². The normalized spacial score (nSPS) is 26.9. The minimum Gasteiger partial charge on any atom is -0.485 e. The molecule has 2 aliphatic rings. The zero-order chi connectivity index (χ0) is 11.7. The molecule has 0 saturated carbocycles. The molecule has 92 valence electrons. The van der Waals surface area contributed by atoms with Crippen LogP contribution >= 0.6 is 0 Å². The second-order valence-electron chi connectivity index (χ2n) is 4.10. The number of hydrogen-bond acceptors (Lipinski definition) is 5. The number of benzene rings is 1. The Hall–Kier alpha value is -1.46. The van der Waals surface area contributed by atoms with E-state index in [1.165, 1.54) is 0 Å². The van der Waals surface area contributed by atoms with Crippen LogP contribution in [-0.2, 0) is 4.74 Å². The zero-order valence-electron chi connectivity index (χ0n) is 9.30. The van der Waals surface area contributed by atoms with E-state index in [0.717, 1.165) is 5.75 Å². The maximum absolute atomic E-state index is 9.76. The third kappa shape index (κ3) is 2.16. The van der Waals surface area contributed by atoms with Crippen LogP contribution in [-0.4, -0.2) is 37.3 Å². The Balaban J connectivity index is 1.72. The molecule has 2 aliphatic heterocycles. The summed E-state index contributed by atoms with van der Waals surface area (Å²) in [6, 6.07) is 5.37. The Bertz CT molecular complexity index is 406. The van der Waals surface area contributed by atoms with Crippen molar-refractivity contribution in [1.29, 1.82) is 0 Å². The lowest BCUT2D eigenvalue weighted by Gasteiger charge is -2.28. The average Bonchev–Trinajstić information content (AvgIpc) is 2.79. The molecule has 1 saturated heterocycles. The van der Waals surface area contributed by atoms with Crippen molar-refractivity contribution in [3.63, 3.8) is 0 Å². The third-order valence-electron chi connectivity index (χ3n) is 2.90. The van der Waals surface area contributed by atoms with Gasteiger partial charge in [0.25, 0.3) is 0 Å². The van der Waals surface area contributed by atoms with Gasteiger partial charge >= 0.3 is 0 Å². The Morgan fingerprint density at radius 2 is 2.12 bits per heavy atom. The van der Waals surface area contributed by atoms with Crippen LogP contribution in [0.3, 0.4) is 0 Å². The molecule has 0 aliphatic carbocycles. The molecule has 0 amide bonds. The molecular weight excluding hydrogens is 224 g/mol. The van der Waals surface area contributed by atoms with Crippen molar-refractivity contribution in [2.45, 2.75) is 18.6 Å². The first-order valence-electron chi connectivity index (χ1n) is 5.65. The molecule has 2 unspecified atom stereocenters. The predicted octanol–water partition coefficient (Wildman–Crippen LogP) is 0.944.